The summed E-state index contributed by atoms with van der Waals surface area (Å²) in [4.78, 5) is 27.7. The first kappa shape index (κ1) is 15.2. The Labute approximate surface area is 133 Å². The lowest BCUT2D eigenvalue weighted by Crippen LogP contribution is -2.17. The number of anilines is 1. The lowest BCUT2D eigenvalue weighted by molar-refractivity contribution is -0.140. The summed E-state index contributed by atoms with van der Waals surface area (Å²) in [6.07, 6.45) is 1.60. The summed E-state index contributed by atoms with van der Waals surface area (Å²) in [5.74, 6) is -1.78. The highest BCUT2D eigenvalue weighted by Gasteiger charge is 2.65. The van der Waals surface area contributed by atoms with E-state index in [4.69, 9.17) is 0 Å². The third-order valence-electron chi connectivity index (χ3n) is 4.36. The van der Waals surface area contributed by atoms with Gasteiger partial charge in [-0.15, -0.1) is 0 Å². The molecule has 120 valence electrons. The van der Waals surface area contributed by atoms with Crippen LogP contribution in [-0.4, -0.2) is 31.7 Å². The van der Waals surface area contributed by atoms with Crippen LogP contribution in [0, 0.1) is 17.3 Å². The first-order valence-corrected chi connectivity index (χ1v) is 7.30. The number of carbonyl (C=O) groups excluding carboxylic acids is 1. The van der Waals surface area contributed by atoms with Crippen LogP contribution in [0.4, 0.5) is 5.69 Å². The summed E-state index contributed by atoms with van der Waals surface area (Å²) in [7, 11) is 1.78. The molecule has 3 rings (SSSR count). The second-order valence-electron chi connectivity index (χ2n) is 6.43. The Balaban J connectivity index is 1.76. The lowest BCUT2D eigenvalue weighted by Gasteiger charge is -2.07. The van der Waals surface area contributed by atoms with Gasteiger partial charge in [0.2, 0.25) is 5.91 Å². The fourth-order valence-corrected chi connectivity index (χ4v) is 3.02. The molecule has 1 amide bonds. The van der Waals surface area contributed by atoms with Crippen LogP contribution in [0.5, 0.6) is 0 Å². The molecule has 0 unspecified atom stereocenters. The summed E-state index contributed by atoms with van der Waals surface area (Å²) in [5, 5.41) is 16.2. The van der Waals surface area contributed by atoms with Gasteiger partial charge >= 0.3 is 5.97 Å². The quantitative estimate of drug-likeness (QED) is 0.896. The number of nitrogens with one attached hydrogen (secondary N) is 1. The Morgan fingerprint density at radius 1 is 1.30 bits per heavy atom. The van der Waals surface area contributed by atoms with Gasteiger partial charge in [-0.25, -0.2) is 4.98 Å². The number of aromatic nitrogens is 3. The molecule has 0 spiro atoms. The molecule has 0 aliphatic heterocycles. The number of aryl methyl sites for hydroxylation is 1. The van der Waals surface area contributed by atoms with E-state index in [0.717, 1.165) is 5.56 Å². The van der Waals surface area contributed by atoms with Crippen molar-refractivity contribution in [1.82, 2.24) is 14.8 Å². The molecule has 1 aromatic carbocycles. The van der Waals surface area contributed by atoms with E-state index < -0.39 is 23.2 Å². The van der Waals surface area contributed by atoms with Gasteiger partial charge in [-0.05, 0) is 17.5 Å². The molecule has 2 aromatic rings. The largest absolute Gasteiger partial charge is 0.481 e. The maximum absolute atomic E-state index is 12.3. The highest BCUT2D eigenvalue weighted by atomic mass is 16.4. The van der Waals surface area contributed by atoms with E-state index in [2.05, 4.69) is 15.4 Å². The number of carboxylic acids is 1. The van der Waals surface area contributed by atoms with Crippen molar-refractivity contribution < 1.29 is 14.7 Å². The van der Waals surface area contributed by atoms with Crippen molar-refractivity contribution in [3.8, 4) is 11.4 Å². The standard InChI is InChI=1S/C16H18N4O3/c1-16(2)11(12(16)15(22)23)14(21)18-10-6-4-5-9(7-10)13-17-8-20(3)19-13/h4-8,11-12H,1-3H3,(H,18,21)(H,22,23)/t11-,12+/m0/s1. The molecular formula is C16H18N4O3. The summed E-state index contributed by atoms with van der Waals surface area (Å²) in [6, 6.07) is 7.19. The first-order valence-electron chi connectivity index (χ1n) is 7.30. The van der Waals surface area contributed by atoms with E-state index in [-0.39, 0.29) is 5.91 Å². The smallest absolute Gasteiger partial charge is 0.307 e. The zero-order valence-electron chi connectivity index (χ0n) is 13.1. The normalized spacial score (nSPS) is 21.7. The second kappa shape index (κ2) is 5.19. The van der Waals surface area contributed by atoms with Crippen molar-refractivity contribution >= 4 is 17.6 Å². The van der Waals surface area contributed by atoms with Gasteiger partial charge in [-0.2, -0.15) is 5.10 Å². The molecule has 7 heteroatoms. The number of hydrogen-bond acceptors (Lipinski definition) is 4. The molecule has 1 heterocycles. The van der Waals surface area contributed by atoms with Gasteiger partial charge in [-0.1, -0.05) is 26.0 Å². The van der Waals surface area contributed by atoms with Crippen molar-refractivity contribution in [3.05, 3.63) is 30.6 Å². The molecule has 0 saturated heterocycles. The Morgan fingerprint density at radius 3 is 2.61 bits per heavy atom. The van der Waals surface area contributed by atoms with Gasteiger partial charge in [0, 0.05) is 18.3 Å². The van der Waals surface area contributed by atoms with Crippen LogP contribution in [-0.2, 0) is 16.6 Å². The predicted octanol–water partition coefficient (Wildman–Crippen LogP) is 1.78. The first-order chi connectivity index (χ1) is 10.8. The van der Waals surface area contributed by atoms with Crippen molar-refractivity contribution in [2.45, 2.75) is 13.8 Å². The molecule has 1 aromatic heterocycles. The van der Waals surface area contributed by atoms with Crippen LogP contribution in [0.25, 0.3) is 11.4 Å². The molecule has 23 heavy (non-hydrogen) atoms. The molecule has 1 fully saturated rings. The summed E-state index contributed by atoms with van der Waals surface area (Å²) >= 11 is 0. The van der Waals surface area contributed by atoms with E-state index in [1.54, 1.807) is 50.1 Å². The molecule has 0 bridgehead atoms. The molecule has 2 N–H and O–H groups in total. The minimum atomic E-state index is -0.929. The Hall–Kier alpha value is -2.70. The van der Waals surface area contributed by atoms with Crippen LogP contribution in [0.1, 0.15) is 13.8 Å². The topological polar surface area (TPSA) is 97.1 Å². The van der Waals surface area contributed by atoms with Crippen LogP contribution in [0.15, 0.2) is 30.6 Å². The van der Waals surface area contributed by atoms with E-state index in [0.29, 0.717) is 11.5 Å². The second-order valence-corrected chi connectivity index (χ2v) is 6.43. The zero-order valence-corrected chi connectivity index (χ0v) is 13.1. The highest BCUT2D eigenvalue weighted by molar-refractivity contribution is 6.00. The SMILES string of the molecule is Cn1cnc(-c2cccc(NC(=O)[C@@H]3[C@H](C(=O)O)C3(C)C)c2)n1. The van der Waals surface area contributed by atoms with E-state index in [1.807, 2.05) is 6.07 Å². The molecule has 1 aliphatic carbocycles. The van der Waals surface area contributed by atoms with E-state index in [9.17, 15) is 14.7 Å². The van der Waals surface area contributed by atoms with E-state index >= 15 is 0 Å². The predicted molar refractivity (Wildman–Crippen MR) is 83.5 cm³/mol. The number of rotatable bonds is 4. The van der Waals surface area contributed by atoms with Crippen molar-refractivity contribution in [1.29, 1.82) is 0 Å². The van der Waals surface area contributed by atoms with Gasteiger partial charge < -0.3 is 10.4 Å². The van der Waals surface area contributed by atoms with Crippen molar-refractivity contribution in [2.75, 3.05) is 5.32 Å². The average Bonchev–Trinajstić information content (AvgIpc) is 2.83. The summed E-state index contributed by atoms with van der Waals surface area (Å²) < 4.78 is 1.60. The van der Waals surface area contributed by atoms with Crippen molar-refractivity contribution in [3.63, 3.8) is 0 Å². The minimum absolute atomic E-state index is 0.270. The van der Waals surface area contributed by atoms with Gasteiger partial charge in [0.05, 0.1) is 11.8 Å². The minimum Gasteiger partial charge on any atom is -0.481 e. The number of hydrogen-bond donors (Lipinski definition) is 2. The maximum atomic E-state index is 12.3. The van der Waals surface area contributed by atoms with Gasteiger partial charge in [0.15, 0.2) is 5.82 Å². The summed E-state index contributed by atoms with van der Waals surface area (Å²) in [6.45, 7) is 3.59. The Kier molecular flexibility index (Phi) is 3.43. The van der Waals surface area contributed by atoms with Crippen LogP contribution in [0.2, 0.25) is 0 Å². The van der Waals surface area contributed by atoms with Crippen molar-refractivity contribution in [2.24, 2.45) is 24.3 Å². The fourth-order valence-electron chi connectivity index (χ4n) is 3.02. The number of nitrogens with zero attached hydrogens (tertiary/aromatic N) is 3. The molecule has 2 atom stereocenters. The maximum Gasteiger partial charge on any atom is 0.307 e. The van der Waals surface area contributed by atoms with Gasteiger partial charge in [0.1, 0.15) is 6.33 Å². The van der Waals surface area contributed by atoms with Crippen LogP contribution in [0.3, 0.4) is 0 Å². The summed E-state index contributed by atoms with van der Waals surface area (Å²) in [5.41, 5.74) is 0.871. The van der Waals surface area contributed by atoms with E-state index in [1.165, 1.54) is 0 Å². The third-order valence-corrected chi connectivity index (χ3v) is 4.36. The Morgan fingerprint density at radius 2 is 2.04 bits per heavy atom. The highest BCUT2D eigenvalue weighted by Crippen LogP contribution is 2.58. The number of aliphatic carboxylic acids is 1. The number of carbonyl (C=O) groups is 2. The van der Waals surface area contributed by atoms with Gasteiger partial charge in [0.25, 0.3) is 0 Å². The monoisotopic (exact) mass is 314 g/mol. The number of benzene rings is 1. The molecule has 7 nitrogen and oxygen atoms in total. The average molecular weight is 314 g/mol. The van der Waals surface area contributed by atoms with Crippen LogP contribution < -0.4 is 5.32 Å². The fraction of sp³-hybridized carbons (Fsp3) is 0.375. The molecule has 1 saturated carbocycles. The number of amides is 1. The lowest BCUT2D eigenvalue weighted by atomic mass is 10.1. The zero-order chi connectivity index (χ0) is 16.8. The Bertz CT molecular complexity index is 781. The van der Waals surface area contributed by atoms with Crippen LogP contribution >= 0.6 is 0 Å². The molecule has 1 aliphatic rings. The number of carboxylic acid groups (broad SMARTS) is 1. The van der Waals surface area contributed by atoms with Gasteiger partial charge in [-0.3, -0.25) is 14.3 Å². The third kappa shape index (κ3) is 2.69. The molecule has 0 radical (unpaired) electrons. The molecular weight excluding hydrogens is 296 g/mol.